The lowest BCUT2D eigenvalue weighted by Gasteiger charge is -2.04. The minimum absolute atomic E-state index is 0.188. The number of nitrogens with zero attached hydrogens (tertiary/aromatic N) is 3. The molecule has 0 aliphatic heterocycles. The molecule has 0 amide bonds. The maximum absolute atomic E-state index is 11.5. The van der Waals surface area contributed by atoms with Crippen molar-refractivity contribution in [2.75, 3.05) is 5.73 Å². The molecule has 0 aliphatic rings. The fourth-order valence-electron chi connectivity index (χ4n) is 1.50. The molecule has 3 N–H and O–H groups in total. The quantitative estimate of drug-likeness (QED) is 0.872. The van der Waals surface area contributed by atoms with E-state index in [4.69, 9.17) is 5.73 Å². The Balaban J connectivity index is 2.28. The second-order valence-corrected chi connectivity index (χ2v) is 4.88. The van der Waals surface area contributed by atoms with E-state index in [9.17, 15) is 4.79 Å². The third-order valence-electron chi connectivity index (χ3n) is 2.47. The van der Waals surface area contributed by atoms with Gasteiger partial charge in [0, 0.05) is 6.54 Å². The molecule has 0 saturated heterocycles. The molecular formula is C11H15N5OS. The first-order chi connectivity index (χ1) is 8.61. The smallest absolute Gasteiger partial charge is 0.343 e. The number of aromatic amines is 1. The van der Waals surface area contributed by atoms with E-state index < -0.39 is 0 Å². The summed E-state index contributed by atoms with van der Waals surface area (Å²) >= 11 is 1.35. The number of nitrogens with two attached hydrogens (primary N) is 1. The van der Waals surface area contributed by atoms with Crippen molar-refractivity contribution >= 4 is 17.4 Å². The highest BCUT2D eigenvalue weighted by molar-refractivity contribution is 7.99. The molecule has 0 fully saturated rings. The van der Waals surface area contributed by atoms with Gasteiger partial charge in [0.05, 0.1) is 11.4 Å². The topological polar surface area (TPSA) is 89.6 Å². The van der Waals surface area contributed by atoms with Crippen molar-refractivity contribution in [3.05, 3.63) is 28.3 Å². The zero-order valence-electron chi connectivity index (χ0n) is 10.3. The van der Waals surface area contributed by atoms with Crippen molar-refractivity contribution in [1.82, 2.24) is 19.7 Å². The van der Waals surface area contributed by atoms with Gasteiger partial charge in [-0.1, -0.05) is 6.92 Å². The summed E-state index contributed by atoms with van der Waals surface area (Å²) in [5.74, 6) is 0. The first-order valence-corrected chi connectivity index (χ1v) is 6.49. The lowest BCUT2D eigenvalue weighted by molar-refractivity contribution is 0.603. The van der Waals surface area contributed by atoms with Crippen LogP contribution >= 0.6 is 11.8 Å². The Morgan fingerprint density at radius 2 is 2.28 bits per heavy atom. The molecule has 2 heterocycles. The maximum Gasteiger partial charge on any atom is 0.343 e. The van der Waals surface area contributed by atoms with Gasteiger partial charge < -0.3 is 5.73 Å². The Hall–Kier alpha value is -1.76. The van der Waals surface area contributed by atoms with Crippen LogP contribution < -0.4 is 11.4 Å². The van der Waals surface area contributed by atoms with Crippen molar-refractivity contribution in [3.8, 4) is 0 Å². The van der Waals surface area contributed by atoms with E-state index in [1.54, 1.807) is 10.6 Å². The highest BCUT2D eigenvalue weighted by Gasteiger charge is 2.10. The van der Waals surface area contributed by atoms with Gasteiger partial charge in [-0.25, -0.2) is 14.9 Å². The Labute approximate surface area is 109 Å². The van der Waals surface area contributed by atoms with Gasteiger partial charge >= 0.3 is 5.69 Å². The summed E-state index contributed by atoms with van der Waals surface area (Å²) in [5, 5.41) is 7.85. The number of pyridine rings is 1. The Kier molecular flexibility index (Phi) is 3.71. The average Bonchev–Trinajstić information content (AvgIpc) is 2.67. The van der Waals surface area contributed by atoms with Crippen molar-refractivity contribution in [2.45, 2.75) is 37.0 Å². The van der Waals surface area contributed by atoms with Crippen LogP contribution in [0.2, 0.25) is 0 Å². The van der Waals surface area contributed by atoms with Crippen LogP contribution in [0, 0.1) is 6.92 Å². The number of hydrogen-bond acceptors (Lipinski definition) is 5. The number of nitrogens with one attached hydrogen (secondary N) is 1. The van der Waals surface area contributed by atoms with Crippen LogP contribution in [0.15, 0.2) is 27.1 Å². The Morgan fingerprint density at radius 1 is 1.50 bits per heavy atom. The predicted molar refractivity (Wildman–Crippen MR) is 70.6 cm³/mol. The molecule has 96 valence electrons. The molecule has 18 heavy (non-hydrogen) atoms. The predicted octanol–water partition coefficient (Wildman–Crippen LogP) is 1.42. The fraction of sp³-hybridized carbons (Fsp3) is 0.364. The minimum Gasteiger partial charge on any atom is -0.397 e. The van der Waals surface area contributed by atoms with E-state index in [2.05, 4.69) is 15.2 Å². The molecule has 6 nitrogen and oxygen atoms in total. The van der Waals surface area contributed by atoms with Crippen LogP contribution in [-0.4, -0.2) is 19.7 Å². The number of H-pyrrole nitrogens is 1. The molecule has 2 aromatic rings. The van der Waals surface area contributed by atoms with Crippen molar-refractivity contribution < 1.29 is 0 Å². The summed E-state index contributed by atoms with van der Waals surface area (Å²) in [7, 11) is 0. The molecule has 0 saturated carbocycles. The summed E-state index contributed by atoms with van der Waals surface area (Å²) in [6.07, 6.45) is 0.876. The van der Waals surface area contributed by atoms with E-state index >= 15 is 0 Å². The van der Waals surface area contributed by atoms with Gasteiger partial charge in [0.1, 0.15) is 5.03 Å². The van der Waals surface area contributed by atoms with Crippen LogP contribution in [-0.2, 0) is 6.54 Å². The molecular weight excluding hydrogens is 250 g/mol. The molecule has 2 rings (SSSR count). The number of rotatable bonds is 4. The molecule has 0 aliphatic carbocycles. The standard InChI is InChI=1S/C11H15N5OS/c1-3-6-16-10(17)14-15-11(16)18-9-5-4-8(12)7(2)13-9/h4-5H,3,6,12H2,1-2H3,(H,14,17). The third kappa shape index (κ3) is 2.56. The normalized spacial score (nSPS) is 10.8. The van der Waals surface area contributed by atoms with Gasteiger partial charge in [-0.3, -0.25) is 4.57 Å². The second-order valence-electron chi connectivity index (χ2n) is 3.89. The molecule has 0 unspecified atom stereocenters. The van der Waals surface area contributed by atoms with Gasteiger partial charge in [-0.05, 0) is 37.2 Å². The van der Waals surface area contributed by atoms with Crippen molar-refractivity contribution in [2.24, 2.45) is 0 Å². The Bertz CT molecular complexity index is 604. The summed E-state index contributed by atoms with van der Waals surface area (Å²) in [4.78, 5) is 15.9. The molecule has 0 aromatic carbocycles. The van der Waals surface area contributed by atoms with E-state index in [0.717, 1.165) is 17.1 Å². The largest absolute Gasteiger partial charge is 0.397 e. The number of aromatic nitrogens is 4. The summed E-state index contributed by atoms with van der Waals surface area (Å²) in [6, 6.07) is 3.63. The van der Waals surface area contributed by atoms with Crippen molar-refractivity contribution in [3.63, 3.8) is 0 Å². The van der Waals surface area contributed by atoms with Gasteiger partial charge in [-0.15, -0.1) is 5.10 Å². The number of nitrogen functional groups attached to an aromatic ring is 1. The summed E-state index contributed by atoms with van der Waals surface area (Å²) in [6.45, 7) is 4.51. The van der Waals surface area contributed by atoms with Crippen molar-refractivity contribution in [1.29, 1.82) is 0 Å². The van der Waals surface area contributed by atoms with Gasteiger partial charge in [0.25, 0.3) is 0 Å². The first-order valence-electron chi connectivity index (χ1n) is 5.68. The Morgan fingerprint density at radius 3 is 2.94 bits per heavy atom. The van der Waals surface area contributed by atoms with Gasteiger partial charge in [-0.2, -0.15) is 0 Å². The average molecular weight is 265 g/mol. The van der Waals surface area contributed by atoms with Crippen LogP contribution in [0.3, 0.4) is 0 Å². The van der Waals surface area contributed by atoms with E-state index in [-0.39, 0.29) is 5.69 Å². The highest BCUT2D eigenvalue weighted by atomic mass is 32.2. The lowest BCUT2D eigenvalue weighted by atomic mass is 10.3. The molecule has 0 atom stereocenters. The lowest BCUT2D eigenvalue weighted by Crippen LogP contribution is -2.17. The molecule has 0 radical (unpaired) electrons. The third-order valence-corrected chi connectivity index (χ3v) is 3.40. The van der Waals surface area contributed by atoms with Crippen LogP contribution in [0.5, 0.6) is 0 Å². The van der Waals surface area contributed by atoms with Crippen LogP contribution in [0.1, 0.15) is 19.0 Å². The number of anilines is 1. The second kappa shape index (κ2) is 5.26. The maximum atomic E-state index is 11.5. The minimum atomic E-state index is -0.188. The van der Waals surface area contributed by atoms with E-state index in [1.165, 1.54) is 11.8 Å². The number of hydrogen-bond donors (Lipinski definition) is 2. The molecule has 0 bridgehead atoms. The first kappa shape index (κ1) is 12.7. The van der Waals surface area contributed by atoms with Gasteiger partial charge in [0.2, 0.25) is 0 Å². The molecule has 7 heteroatoms. The molecule has 2 aromatic heterocycles. The zero-order chi connectivity index (χ0) is 13.1. The SMILES string of the molecule is CCCn1c(Sc2ccc(N)c(C)n2)n[nH]c1=O. The summed E-state index contributed by atoms with van der Waals surface area (Å²) in [5.41, 5.74) is 6.96. The van der Waals surface area contributed by atoms with E-state index in [0.29, 0.717) is 17.4 Å². The zero-order valence-corrected chi connectivity index (χ0v) is 11.1. The molecule has 0 spiro atoms. The van der Waals surface area contributed by atoms with E-state index in [1.807, 2.05) is 19.9 Å². The fourth-order valence-corrected chi connectivity index (χ4v) is 2.38. The monoisotopic (exact) mass is 265 g/mol. The van der Waals surface area contributed by atoms with Gasteiger partial charge in [0.15, 0.2) is 5.16 Å². The van der Waals surface area contributed by atoms with Crippen LogP contribution in [0.25, 0.3) is 0 Å². The number of aryl methyl sites for hydroxylation is 1. The highest BCUT2D eigenvalue weighted by Crippen LogP contribution is 2.24. The summed E-state index contributed by atoms with van der Waals surface area (Å²) < 4.78 is 1.61. The van der Waals surface area contributed by atoms with Crippen LogP contribution in [0.4, 0.5) is 5.69 Å².